The van der Waals surface area contributed by atoms with E-state index in [2.05, 4.69) is 45.0 Å². The number of carbonyl (C=O) groups excluding carboxylic acids is 4. The molecule has 3 aromatic carbocycles. The molecular weight excluding hydrogens is 986 g/mol. The van der Waals surface area contributed by atoms with Gasteiger partial charge in [-0.3, -0.25) is 28.7 Å². The summed E-state index contributed by atoms with van der Waals surface area (Å²) >= 11 is 9.48. The number of thiophene rings is 1. The monoisotopic (exact) mass is 1040 g/mol. The number of ether oxygens (including phenoxy) is 1. The molecule has 7 aromatic rings. The highest BCUT2D eigenvalue weighted by Crippen LogP contribution is 2.40. The van der Waals surface area contributed by atoms with Crippen molar-refractivity contribution in [3.63, 3.8) is 0 Å². The van der Waals surface area contributed by atoms with Gasteiger partial charge in [-0.25, -0.2) is 4.98 Å². The number of thiazole rings is 1. The largest absolute Gasteiger partial charge is 0.489 e. The summed E-state index contributed by atoms with van der Waals surface area (Å²) in [7, 11) is 0. The average Bonchev–Trinajstić information content (AvgIpc) is 4.19. The number of aliphatic hydroxyl groups excluding tert-OH is 1. The zero-order chi connectivity index (χ0) is 52.0. The lowest BCUT2D eigenvalue weighted by Gasteiger charge is -2.35. The fourth-order valence-electron chi connectivity index (χ4n) is 9.34. The summed E-state index contributed by atoms with van der Waals surface area (Å²) in [6.45, 7) is 17.3. The number of aliphatic imine (C=N–C) groups is 1. The first-order valence-corrected chi connectivity index (χ1v) is 26.2. The van der Waals surface area contributed by atoms with Crippen molar-refractivity contribution in [1.29, 1.82) is 0 Å². The molecule has 9 rings (SSSR count). The number of aromatic nitrogens is 4. The number of nitrogens with one attached hydrogen (secondary N) is 3. The van der Waals surface area contributed by atoms with E-state index >= 15 is 0 Å². The smallest absolute Gasteiger partial charge is 0.287 e. The molecule has 0 saturated carbocycles. The van der Waals surface area contributed by atoms with Gasteiger partial charge in [-0.1, -0.05) is 68.8 Å². The minimum atomic E-state index is -1.08. The molecule has 0 bridgehead atoms. The quantitative estimate of drug-likeness (QED) is 0.0814. The van der Waals surface area contributed by atoms with E-state index < -0.39 is 53.5 Å². The highest BCUT2D eigenvalue weighted by molar-refractivity contribution is 7.15. The lowest BCUT2D eigenvalue weighted by atomic mass is 9.85. The summed E-state index contributed by atoms with van der Waals surface area (Å²) < 4.78 is 14.2. The molecule has 0 aliphatic carbocycles. The maximum Gasteiger partial charge on any atom is 0.287 e. The van der Waals surface area contributed by atoms with Gasteiger partial charge >= 0.3 is 0 Å². The van der Waals surface area contributed by atoms with Crippen LogP contribution in [0, 0.1) is 33.1 Å². The lowest BCUT2D eigenvalue weighted by molar-refractivity contribution is -0.142. The molecule has 19 heteroatoms. The third-order valence-electron chi connectivity index (χ3n) is 13.4. The van der Waals surface area contributed by atoms with E-state index in [4.69, 9.17) is 25.7 Å². The fraction of sp³-hybridized carbons (Fsp3) is 0.370. The number of nitrogens with zero attached hydrogens (tertiary/aromatic N) is 6. The first-order chi connectivity index (χ1) is 34.7. The first kappa shape index (κ1) is 51.2. The maximum atomic E-state index is 14.4. The van der Waals surface area contributed by atoms with Gasteiger partial charge in [0.2, 0.25) is 17.7 Å². The van der Waals surface area contributed by atoms with Crippen molar-refractivity contribution in [1.82, 2.24) is 40.6 Å². The normalized spacial score (nSPS) is 17.8. The van der Waals surface area contributed by atoms with E-state index in [0.717, 1.165) is 54.0 Å². The van der Waals surface area contributed by atoms with E-state index in [1.165, 1.54) is 4.90 Å². The summed E-state index contributed by atoms with van der Waals surface area (Å²) in [5, 5.41) is 30.8. The molecule has 0 spiro atoms. The Morgan fingerprint density at radius 1 is 0.945 bits per heavy atom. The maximum absolute atomic E-state index is 14.4. The molecule has 4 aromatic heterocycles. The van der Waals surface area contributed by atoms with Crippen molar-refractivity contribution in [2.75, 3.05) is 13.1 Å². The third-order valence-corrected chi connectivity index (χ3v) is 15.8. The second kappa shape index (κ2) is 20.6. The Morgan fingerprint density at radius 3 is 2.37 bits per heavy atom. The van der Waals surface area contributed by atoms with Gasteiger partial charge in [0.15, 0.2) is 11.6 Å². The van der Waals surface area contributed by atoms with Gasteiger partial charge in [0.05, 0.1) is 46.9 Å². The van der Waals surface area contributed by atoms with Crippen LogP contribution in [0.4, 0.5) is 0 Å². The average molecular weight is 1040 g/mol. The van der Waals surface area contributed by atoms with E-state index in [-0.39, 0.29) is 43.6 Å². The van der Waals surface area contributed by atoms with Crippen LogP contribution in [0.3, 0.4) is 0 Å². The zero-order valence-corrected chi connectivity index (χ0v) is 44.5. The fourth-order valence-corrected chi connectivity index (χ4v) is 11.5. The molecule has 4 N–H and O–H groups in total. The number of fused-ring (bicyclic) bond motifs is 4. The molecule has 6 heterocycles. The third kappa shape index (κ3) is 10.7. The Kier molecular flexibility index (Phi) is 14.5. The van der Waals surface area contributed by atoms with Crippen molar-refractivity contribution in [2.45, 2.75) is 112 Å². The molecule has 380 valence electrons. The second-order valence-corrected chi connectivity index (χ2v) is 22.4. The first-order valence-electron chi connectivity index (χ1n) is 24.2. The predicted octanol–water partition coefficient (Wildman–Crippen LogP) is 8.94. The highest BCUT2D eigenvalue weighted by Gasteiger charge is 2.45. The molecule has 1 saturated heterocycles. The number of hydrogen-bond acceptors (Lipinski definition) is 13. The minimum Gasteiger partial charge on any atom is -0.489 e. The number of furan rings is 1. The van der Waals surface area contributed by atoms with Crippen molar-refractivity contribution in [3.05, 3.63) is 134 Å². The lowest BCUT2D eigenvalue weighted by Crippen LogP contribution is -2.57. The second-order valence-electron chi connectivity index (χ2n) is 19.9. The van der Waals surface area contributed by atoms with Crippen LogP contribution in [-0.4, -0.2) is 96.5 Å². The Hall–Kier alpha value is -6.73. The molecule has 0 radical (unpaired) electrons. The summed E-state index contributed by atoms with van der Waals surface area (Å²) in [6.07, 6.45) is -1.31. The van der Waals surface area contributed by atoms with Crippen LogP contribution in [0.1, 0.15) is 115 Å². The molecule has 2 aliphatic rings. The molecule has 2 aliphatic heterocycles. The Labute approximate surface area is 436 Å². The van der Waals surface area contributed by atoms with E-state index in [1.807, 2.05) is 107 Å². The molecule has 1 unspecified atom stereocenters. The van der Waals surface area contributed by atoms with Gasteiger partial charge < -0.3 is 35.1 Å². The number of carbonyl (C=O) groups is 4. The standard InChI is InChI=1S/C54H58ClN9O7S2/c1-27(24-56-44(66)23-40-49-62-61-32(6)64(49)53-45(28(2)31(5)73-53)46(59-40)34-14-16-37(55)17-15-34)70-39-18-19-42-36(20-39)21-43(71-42)51(68)60-48(54(7,8)9)52(69)63-25-38(65)22-41(63)50(67)58-29(3)33-10-12-35(13-11-33)47-30(4)57-26-72-47/h10-21,26-27,29,38,40-41,48,65H,22-25H2,1-9H3,(H,56,66)(H,58,67)(H,60,68)/t27-,29+,38-,40?,41+,48-/m1/s1. The number of aryl methyl sites for hydroxylation is 3. The van der Waals surface area contributed by atoms with Crippen LogP contribution < -0.4 is 20.7 Å². The van der Waals surface area contributed by atoms with E-state index in [1.54, 1.807) is 46.9 Å². The van der Waals surface area contributed by atoms with Crippen LogP contribution in [0.15, 0.2) is 87.7 Å². The van der Waals surface area contributed by atoms with E-state index in [9.17, 15) is 24.3 Å². The van der Waals surface area contributed by atoms with Crippen molar-refractivity contribution >= 4 is 74.6 Å². The number of benzene rings is 3. The summed E-state index contributed by atoms with van der Waals surface area (Å²) in [4.78, 5) is 68.9. The van der Waals surface area contributed by atoms with Crippen LogP contribution in [0.2, 0.25) is 5.02 Å². The minimum absolute atomic E-state index is 0.0163. The summed E-state index contributed by atoms with van der Waals surface area (Å²) in [6, 6.07) is 19.1. The topological polar surface area (TPSA) is 206 Å². The number of aliphatic hydroxyl groups is 1. The van der Waals surface area contributed by atoms with Gasteiger partial charge in [-0.2, -0.15) is 0 Å². The van der Waals surface area contributed by atoms with Crippen LogP contribution >= 0.6 is 34.3 Å². The van der Waals surface area contributed by atoms with Crippen LogP contribution in [0.5, 0.6) is 5.75 Å². The molecular formula is C54H58ClN9O7S2. The van der Waals surface area contributed by atoms with Gasteiger partial charge in [0.25, 0.3) is 5.91 Å². The Bertz CT molecular complexity index is 3260. The van der Waals surface area contributed by atoms with Crippen LogP contribution in [0.25, 0.3) is 26.4 Å². The zero-order valence-electron chi connectivity index (χ0n) is 42.1. The van der Waals surface area contributed by atoms with Crippen molar-refractivity contribution in [2.24, 2.45) is 10.4 Å². The molecule has 73 heavy (non-hydrogen) atoms. The summed E-state index contributed by atoms with van der Waals surface area (Å²) in [5.41, 5.74) is 8.02. The number of amides is 4. The number of hydrogen-bond donors (Lipinski definition) is 4. The molecule has 4 amide bonds. The number of likely N-dealkylation sites (tertiary alicyclic amines) is 1. The van der Waals surface area contributed by atoms with Gasteiger partial charge in [0, 0.05) is 39.4 Å². The Morgan fingerprint density at radius 2 is 1.67 bits per heavy atom. The molecule has 6 atom stereocenters. The Balaban J connectivity index is 0.828. The SMILES string of the molecule is Cc1ncsc1-c1ccc([C@H](C)NC(=O)[C@@H]2C[C@@H](O)CN2C(=O)[C@@H](NC(=O)c2cc3cc(O[C@H](C)CNC(=O)CC4N=C(c5ccc(Cl)cc5)c5c(sc(C)c5C)-n5c(C)nnc54)ccc3o2)C(C)(C)C)cc1. The van der Waals surface area contributed by atoms with E-state index in [0.29, 0.717) is 33.4 Å². The highest BCUT2D eigenvalue weighted by atomic mass is 35.5. The van der Waals surface area contributed by atoms with Gasteiger partial charge in [-0.05, 0) is 100 Å². The number of halogens is 1. The summed E-state index contributed by atoms with van der Waals surface area (Å²) in [5.74, 6) is -0.0168. The predicted molar refractivity (Wildman–Crippen MR) is 283 cm³/mol. The number of β-amino-alcohol motifs (C(OH)–C–C–N with tert-alkyl or cyclic N) is 1. The molecule has 1 fully saturated rings. The van der Waals surface area contributed by atoms with Gasteiger partial charge in [-0.15, -0.1) is 32.9 Å². The molecule has 16 nitrogen and oxygen atoms in total. The van der Waals surface area contributed by atoms with Crippen molar-refractivity contribution in [3.8, 4) is 21.2 Å². The van der Waals surface area contributed by atoms with Gasteiger partial charge in [0.1, 0.15) is 46.4 Å². The number of rotatable bonds is 14. The van der Waals surface area contributed by atoms with Crippen molar-refractivity contribution < 1.29 is 33.4 Å². The van der Waals surface area contributed by atoms with Crippen LogP contribution in [-0.2, 0) is 14.4 Å².